The maximum Gasteiger partial charge on any atom is 0.295 e. The molecule has 3 aromatic carbocycles. The van der Waals surface area contributed by atoms with Gasteiger partial charge in [-0.2, -0.15) is 0 Å². The molecule has 1 atom stereocenters. The molecule has 0 radical (unpaired) electrons. The van der Waals surface area contributed by atoms with E-state index in [-0.39, 0.29) is 34.2 Å². The monoisotopic (exact) mass is 518 g/mol. The Morgan fingerprint density at radius 2 is 1.81 bits per heavy atom. The molecule has 188 valence electrons. The van der Waals surface area contributed by atoms with Crippen LogP contribution >= 0.6 is 11.6 Å². The van der Waals surface area contributed by atoms with Gasteiger partial charge in [0.25, 0.3) is 11.7 Å². The number of rotatable bonds is 5. The van der Waals surface area contributed by atoms with Crippen molar-refractivity contribution in [3.63, 3.8) is 0 Å². The van der Waals surface area contributed by atoms with Crippen molar-refractivity contribution in [2.24, 2.45) is 7.05 Å². The van der Waals surface area contributed by atoms with Crippen molar-refractivity contribution in [2.45, 2.75) is 19.5 Å². The largest absolute Gasteiger partial charge is 0.507 e. The third-order valence-corrected chi connectivity index (χ3v) is 6.96. The van der Waals surface area contributed by atoms with E-state index < -0.39 is 23.5 Å². The normalized spacial score (nSPS) is 17.1. The first-order valence-corrected chi connectivity index (χ1v) is 12.0. The van der Waals surface area contributed by atoms with E-state index in [1.54, 1.807) is 31.2 Å². The fourth-order valence-electron chi connectivity index (χ4n) is 5.00. The standard InChI is InChI=1S/C29H24ClFN2O4/c1-16-12-20(28(37-3)22(30)13-16)26(34)24-25(21-15-32(2)23-7-5-4-6-19(21)23)33(29(36)27(24)35)14-17-8-10-18(31)11-9-17/h4-13,15,25,34H,14H2,1-3H3/b26-24+. The number of hydrogen-bond acceptors (Lipinski definition) is 4. The zero-order chi connectivity index (χ0) is 26.4. The van der Waals surface area contributed by atoms with Crippen molar-refractivity contribution in [3.05, 3.63) is 106 Å². The van der Waals surface area contributed by atoms with Crippen LogP contribution in [0, 0.1) is 12.7 Å². The molecule has 0 spiro atoms. The van der Waals surface area contributed by atoms with Crippen LogP contribution in [0.1, 0.15) is 28.3 Å². The average Bonchev–Trinajstić information content (AvgIpc) is 3.33. The summed E-state index contributed by atoms with van der Waals surface area (Å²) in [4.78, 5) is 28.4. The molecular formula is C29H24ClFN2O4. The van der Waals surface area contributed by atoms with Crippen LogP contribution in [0.3, 0.4) is 0 Å². The number of halogens is 2. The van der Waals surface area contributed by atoms with Crippen LogP contribution in [0.2, 0.25) is 5.02 Å². The van der Waals surface area contributed by atoms with Crippen LogP contribution in [-0.4, -0.2) is 33.4 Å². The van der Waals surface area contributed by atoms with Crippen molar-refractivity contribution in [2.75, 3.05) is 7.11 Å². The molecule has 5 rings (SSSR count). The highest BCUT2D eigenvalue weighted by molar-refractivity contribution is 6.46. The van der Waals surface area contributed by atoms with Gasteiger partial charge >= 0.3 is 0 Å². The minimum absolute atomic E-state index is 0.0429. The predicted octanol–water partition coefficient (Wildman–Crippen LogP) is 5.91. The zero-order valence-electron chi connectivity index (χ0n) is 20.5. The average molecular weight is 519 g/mol. The summed E-state index contributed by atoms with van der Waals surface area (Å²) in [6.07, 6.45) is 1.85. The maximum atomic E-state index is 13.5. The van der Waals surface area contributed by atoms with Crippen LogP contribution in [-0.2, 0) is 23.2 Å². The summed E-state index contributed by atoms with van der Waals surface area (Å²) in [7, 11) is 3.30. The number of carbonyl (C=O) groups is 2. The number of Topliss-reactive ketones (excluding diaryl/α,β-unsaturated/α-hetero) is 1. The molecule has 1 N–H and O–H groups in total. The number of ketones is 1. The number of ether oxygens (including phenoxy) is 1. The molecule has 1 unspecified atom stereocenters. The first kappa shape index (κ1) is 24.6. The van der Waals surface area contributed by atoms with E-state index in [0.717, 1.165) is 16.5 Å². The number of likely N-dealkylation sites (tertiary alicyclic amines) is 1. The van der Waals surface area contributed by atoms with Crippen molar-refractivity contribution < 1.29 is 23.8 Å². The molecule has 6 nitrogen and oxygen atoms in total. The van der Waals surface area contributed by atoms with Gasteiger partial charge in [0.05, 0.1) is 29.3 Å². The van der Waals surface area contributed by atoms with E-state index >= 15 is 0 Å². The van der Waals surface area contributed by atoms with Crippen molar-refractivity contribution in [1.82, 2.24) is 9.47 Å². The lowest BCUT2D eigenvalue weighted by molar-refractivity contribution is -0.140. The quantitative estimate of drug-likeness (QED) is 0.202. The number of aliphatic hydroxyl groups is 1. The molecule has 1 saturated heterocycles. The summed E-state index contributed by atoms with van der Waals surface area (Å²) < 4.78 is 20.9. The molecule has 1 aromatic heterocycles. The third-order valence-electron chi connectivity index (χ3n) is 6.68. The lowest BCUT2D eigenvalue weighted by atomic mass is 9.94. The van der Waals surface area contributed by atoms with E-state index in [9.17, 15) is 19.1 Å². The lowest BCUT2D eigenvalue weighted by Crippen LogP contribution is -2.29. The van der Waals surface area contributed by atoms with Gasteiger partial charge in [-0.05, 0) is 48.4 Å². The second kappa shape index (κ2) is 9.41. The van der Waals surface area contributed by atoms with Crippen molar-refractivity contribution >= 4 is 40.0 Å². The highest BCUT2D eigenvalue weighted by Crippen LogP contribution is 2.45. The highest BCUT2D eigenvalue weighted by Gasteiger charge is 2.47. The van der Waals surface area contributed by atoms with E-state index in [1.807, 2.05) is 42.1 Å². The summed E-state index contributed by atoms with van der Waals surface area (Å²) in [6.45, 7) is 1.85. The summed E-state index contributed by atoms with van der Waals surface area (Å²) in [5.41, 5.74) is 3.12. The molecule has 0 aliphatic carbocycles. The first-order valence-electron chi connectivity index (χ1n) is 11.6. The number of amides is 1. The van der Waals surface area contributed by atoms with Crippen LogP contribution < -0.4 is 4.74 Å². The number of para-hydroxylation sites is 1. The zero-order valence-corrected chi connectivity index (χ0v) is 21.2. The molecule has 1 fully saturated rings. The van der Waals surface area contributed by atoms with Crippen LogP contribution in [0.15, 0.2) is 72.4 Å². The molecule has 0 saturated carbocycles. The third kappa shape index (κ3) is 4.15. The Bertz CT molecular complexity index is 1590. The maximum absolute atomic E-state index is 13.5. The van der Waals surface area contributed by atoms with E-state index in [2.05, 4.69) is 0 Å². The Kier molecular flexibility index (Phi) is 6.25. The molecule has 0 bridgehead atoms. The number of benzene rings is 3. The molecule has 1 aliphatic heterocycles. The Hall–Kier alpha value is -4.10. The molecule has 37 heavy (non-hydrogen) atoms. The Morgan fingerprint density at radius 1 is 1.11 bits per heavy atom. The Morgan fingerprint density at radius 3 is 2.51 bits per heavy atom. The summed E-state index contributed by atoms with van der Waals surface area (Å²) in [6, 6.07) is 15.8. The number of carbonyl (C=O) groups excluding carboxylic acids is 2. The lowest BCUT2D eigenvalue weighted by Gasteiger charge is -2.25. The minimum atomic E-state index is -0.903. The van der Waals surface area contributed by atoms with Gasteiger partial charge < -0.3 is 19.3 Å². The van der Waals surface area contributed by atoms with Gasteiger partial charge in [-0.15, -0.1) is 0 Å². The number of fused-ring (bicyclic) bond motifs is 1. The predicted molar refractivity (Wildman–Crippen MR) is 140 cm³/mol. The summed E-state index contributed by atoms with van der Waals surface area (Å²) in [5, 5.41) is 12.7. The van der Waals surface area contributed by atoms with Gasteiger partial charge in [0.15, 0.2) is 0 Å². The molecule has 4 aromatic rings. The van der Waals surface area contributed by atoms with E-state index in [0.29, 0.717) is 11.1 Å². The Labute approximate surface area is 218 Å². The van der Waals surface area contributed by atoms with E-state index in [4.69, 9.17) is 16.3 Å². The molecule has 1 amide bonds. The highest BCUT2D eigenvalue weighted by atomic mass is 35.5. The van der Waals surface area contributed by atoms with Gasteiger partial charge in [0, 0.05) is 36.3 Å². The SMILES string of the molecule is COc1c(Cl)cc(C)cc1/C(O)=C1\C(=O)C(=O)N(Cc2ccc(F)cc2)C1c1cn(C)c2ccccc12. The van der Waals surface area contributed by atoms with Crippen molar-refractivity contribution in [3.8, 4) is 5.75 Å². The van der Waals surface area contributed by atoms with E-state index in [1.165, 1.54) is 24.1 Å². The van der Waals surface area contributed by atoms with Crippen LogP contribution in [0.4, 0.5) is 4.39 Å². The summed E-state index contributed by atoms with van der Waals surface area (Å²) >= 11 is 6.38. The second-order valence-corrected chi connectivity index (χ2v) is 9.50. The topological polar surface area (TPSA) is 71.8 Å². The fraction of sp³-hybridized carbons (Fsp3) is 0.172. The minimum Gasteiger partial charge on any atom is -0.507 e. The number of aliphatic hydroxyl groups excluding tert-OH is 1. The van der Waals surface area contributed by atoms with Crippen LogP contribution in [0.25, 0.3) is 16.7 Å². The number of hydrogen-bond donors (Lipinski definition) is 1. The van der Waals surface area contributed by atoms with Gasteiger partial charge in [0.1, 0.15) is 17.3 Å². The molecule has 2 heterocycles. The Balaban J connectivity index is 1.77. The van der Waals surface area contributed by atoms with Gasteiger partial charge in [-0.3, -0.25) is 9.59 Å². The van der Waals surface area contributed by atoms with Gasteiger partial charge in [-0.1, -0.05) is 41.9 Å². The number of nitrogens with zero attached hydrogens (tertiary/aromatic N) is 2. The van der Waals surface area contributed by atoms with Crippen LogP contribution in [0.5, 0.6) is 5.75 Å². The fourth-order valence-corrected chi connectivity index (χ4v) is 5.35. The molecule has 1 aliphatic rings. The van der Waals surface area contributed by atoms with Gasteiger partial charge in [0.2, 0.25) is 0 Å². The first-order chi connectivity index (χ1) is 17.7. The smallest absolute Gasteiger partial charge is 0.295 e. The molecular weight excluding hydrogens is 495 g/mol. The number of aromatic nitrogens is 1. The van der Waals surface area contributed by atoms with Crippen molar-refractivity contribution in [1.29, 1.82) is 0 Å². The number of methoxy groups -OCH3 is 1. The van der Waals surface area contributed by atoms with Gasteiger partial charge in [-0.25, -0.2) is 4.39 Å². The second-order valence-electron chi connectivity index (χ2n) is 9.09. The number of aryl methyl sites for hydroxylation is 2. The molecule has 8 heteroatoms. The summed E-state index contributed by atoms with van der Waals surface area (Å²) in [5.74, 6) is -2.16.